The molecule has 0 atom stereocenters. The predicted molar refractivity (Wildman–Crippen MR) is 89.1 cm³/mol. The number of nitro groups is 1. The standard InChI is InChI=1S/C17H12N2O5/c1-10(18-11-6-8-12(9-7-11)19(22)23)15-16(20)13-4-2-3-5-14(13)24-17(15)21/h2-9,20H,1H3. The smallest absolute Gasteiger partial charge is 0.349 e. The number of benzene rings is 2. The van der Waals surface area contributed by atoms with Crippen molar-refractivity contribution in [3.8, 4) is 5.75 Å². The maximum absolute atomic E-state index is 12.1. The normalized spacial score (nSPS) is 11.6. The molecule has 0 aliphatic rings. The number of aliphatic imine (C=N–C) groups is 1. The zero-order chi connectivity index (χ0) is 17.3. The fourth-order valence-corrected chi connectivity index (χ4v) is 2.35. The van der Waals surface area contributed by atoms with Crippen LogP contribution < -0.4 is 5.63 Å². The van der Waals surface area contributed by atoms with E-state index in [1.807, 2.05) is 0 Å². The first kappa shape index (κ1) is 15.4. The summed E-state index contributed by atoms with van der Waals surface area (Å²) >= 11 is 0. The van der Waals surface area contributed by atoms with Crippen LogP contribution in [0.25, 0.3) is 11.0 Å². The van der Waals surface area contributed by atoms with E-state index in [0.717, 1.165) is 0 Å². The van der Waals surface area contributed by atoms with E-state index in [2.05, 4.69) is 4.99 Å². The summed E-state index contributed by atoms with van der Waals surface area (Å²) in [5, 5.41) is 21.4. The first-order valence-electron chi connectivity index (χ1n) is 7.02. The van der Waals surface area contributed by atoms with Crippen molar-refractivity contribution in [3.63, 3.8) is 0 Å². The maximum atomic E-state index is 12.1. The highest BCUT2D eigenvalue weighted by Gasteiger charge is 2.16. The molecule has 0 saturated carbocycles. The number of hydrogen-bond acceptors (Lipinski definition) is 6. The number of nitrogens with zero attached hydrogens (tertiary/aromatic N) is 2. The van der Waals surface area contributed by atoms with Crippen LogP contribution >= 0.6 is 0 Å². The Bertz CT molecular complexity index is 1020. The molecule has 0 radical (unpaired) electrons. The van der Waals surface area contributed by atoms with Crippen LogP contribution in [0.2, 0.25) is 0 Å². The highest BCUT2D eigenvalue weighted by Crippen LogP contribution is 2.27. The molecule has 0 bridgehead atoms. The summed E-state index contributed by atoms with van der Waals surface area (Å²) in [6.07, 6.45) is 0. The molecule has 3 aromatic rings. The Morgan fingerprint density at radius 2 is 1.83 bits per heavy atom. The van der Waals surface area contributed by atoms with E-state index in [0.29, 0.717) is 11.1 Å². The summed E-state index contributed by atoms with van der Waals surface area (Å²) in [4.78, 5) is 26.5. The minimum atomic E-state index is -0.700. The summed E-state index contributed by atoms with van der Waals surface area (Å²) in [5.74, 6) is -0.204. The van der Waals surface area contributed by atoms with Crippen LogP contribution in [0.1, 0.15) is 12.5 Å². The van der Waals surface area contributed by atoms with Gasteiger partial charge in [-0.15, -0.1) is 0 Å². The van der Waals surface area contributed by atoms with Crippen LogP contribution in [0.5, 0.6) is 5.75 Å². The number of nitro benzene ring substituents is 1. The second kappa shape index (κ2) is 5.96. The van der Waals surface area contributed by atoms with Gasteiger partial charge in [-0.1, -0.05) is 12.1 Å². The van der Waals surface area contributed by atoms with E-state index in [-0.39, 0.29) is 28.3 Å². The zero-order valence-electron chi connectivity index (χ0n) is 12.6. The molecular weight excluding hydrogens is 312 g/mol. The molecule has 0 amide bonds. The molecule has 7 nitrogen and oxygen atoms in total. The van der Waals surface area contributed by atoms with Gasteiger partial charge in [0.25, 0.3) is 5.69 Å². The molecule has 0 saturated heterocycles. The number of non-ortho nitro benzene ring substituents is 1. The topological polar surface area (TPSA) is 106 Å². The Labute approximate surface area is 135 Å². The third-order valence-corrected chi connectivity index (χ3v) is 3.50. The molecule has 120 valence electrons. The van der Waals surface area contributed by atoms with Crippen LogP contribution in [0, 0.1) is 10.1 Å². The van der Waals surface area contributed by atoms with Gasteiger partial charge < -0.3 is 9.52 Å². The van der Waals surface area contributed by atoms with Gasteiger partial charge >= 0.3 is 5.63 Å². The number of rotatable bonds is 3. The molecule has 1 N–H and O–H groups in total. The van der Waals surface area contributed by atoms with E-state index >= 15 is 0 Å². The molecule has 2 aromatic carbocycles. The van der Waals surface area contributed by atoms with Crippen LogP contribution in [0.3, 0.4) is 0 Å². The first-order valence-corrected chi connectivity index (χ1v) is 7.02. The lowest BCUT2D eigenvalue weighted by Crippen LogP contribution is -2.12. The monoisotopic (exact) mass is 324 g/mol. The molecule has 3 rings (SSSR count). The Balaban J connectivity index is 2.09. The minimum absolute atomic E-state index is 0.0351. The molecule has 0 aliphatic heterocycles. The largest absolute Gasteiger partial charge is 0.506 e. The molecule has 0 spiro atoms. The van der Waals surface area contributed by atoms with Gasteiger partial charge in [0.2, 0.25) is 0 Å². The Hall–Kier alpha value is -3.48. The van der Waals surface area contributed by atoms with Gasteiger partial charge in [-0.3, -0.25) is 15.1 Å². The third-order valence-electron chi connectivity index (χ3n) is 3.50. The van der Waals surface area contributed by atoms with E-state index in [4.69, 9.17) is 4.42 Å². The summed E-state index contributed by atoms with van der Waals surface area (Å²) in [6.45, 7) is 1.56. The molecule has 24 heavy (non-hydrogen) atoms. The molecule has 0 aliphatic carbocycles. The van der Waals surface area contributed by atoms with Crippen molar-refractivity contribution in [1.82, 2.24) is 0 Å². The minimum Gasteiger partial charge on any atom is -0.506 e. The Morgan fingerprint density at radius 1 is 1.17 bits per heavy atom. The molecule has 1 heterocycles. The molecule has 0 fully saturated rings. The van der Waals surface area contributed by atoms with Crippen molar-refractivity contribution in [1.29, 1.82) is 0 Å². The second-order valence-electron chi connectivity index (χ2n) is 5.08. The fourth-order valence-electron chi connectivity index (χ4n) is 2.35. The summed E-state index contributed by atoms with van der Waals surface area (Å²) in [7, 11) is 0. The van der Waals surface area contributed by atoms with Gasteiger partial charge in [-0.25, -0.2) is 4.79 Å². The molecule has 7 heteroatoms. The zero-order valence-corrected chi connectivity index (χ0v) is 12.6. The average molecular weight is 324 g/mol. The van der Waals surface area contributed by atoms with Crippen LogP contribution in [-0.2, 0) is 0 Å². The van der Waals surface area contributed by atoms with E-state index in [9.17, 15) is 20.0 Å². The van der Waals surface area contributed by atoms with E-state index in [1.54, 1.807) is 31.2 Å². The van der Waals surface area contributed by atoms with E-state index < -0.39 is 10.5 Å². The highest BCUT2D eigenvalue weighted by atomic mass is 16.6. The lowest BCUT2D eigenvalue weighted by molar-refractivity contribution is -0.384. The first-order chi connectivity index (χ1) is 11.5. The molecule has 0 unspecified atom stereocenters. The van der Waals surface area contributed by atoms with Crippen molar-refractivity contribution < 1.29 is 14.4 Å². The molecular formula is C17H12N2O5. The Kier molecular flexibility index (Phi) is 3.83. The lowest BCUT2D eigenvalue weighted by atomic mass is 10.1. The van der Waals surface area contributed by atoms with Crippen LogP contribution in [-0.4, -0.2) is 15.7 Å². The third kappa shape index (κ3) is 2.74. The van der Waals surface area contributed by atoms with Gasteiger partial charge in [-0.05, 0) is 31.2 Å². The SMILES string of the molecule is CC(=Nc1ccc([N+](=O)[O-])cc1)c1c(O)c2ccccc2oc1=O. The molecule has 1 aromatic heterocycles. The van der Waals surface area contributed by atoms with Crippen LogP contribution in [0.4, 0.5) is 11.4 Å². The second-order valence-corrected chi connectivity index (χ2v) is 5.08. The number of aromatic hydroxyl groups is 1. The van der Waals surface area contributed by atoms with Gasteiger partial charge in [0.15, 0.2) is 0 Å². The fraction of sp³-hybridized carbons (Fsp3) is 0.0588. The summed E-state index contributed by atoms with van der Waals surface area (Å²) < 4.78 is 5.20. The predicted octanol–water partition coefficient (Wildman–Crippen LogP) is 3.55. The Morgan fingerprint density at radius 3 is 2.50 bits per heavy atom. The number of para-hydroxylation sites is 1. The van der Waals surface area contributed by atoms with Crippen molar-refractivity contribution in [2.75, 3.05) is 0 Å². The van der Waals surface area contributed by atoms with Crippen molar-refractivity contribution in [2.45, 2.75) is 6.92 Å². The van der Waals surface area contributed by atoms with Crippen molar-refractivity contribution >= 4 is 28.1 Å². The number of hydrogen-bond donors (Lipinski definition) is 1. The average Bonchev–Trinajstić information content (AvgIpc) is 2.55. The number of fused-ring (bicyclic) bond motifs is 1. The van der Waals surface area contributed by atoms with Gasteiger partial charge in [0, 0.05) is 12.1 Å². The van der Waals surface area contributed by atoms with Crippen LogP contribution in [0.15, 0.2) is 62.7 Å². The van der Waals surface area contributed by atoms with Gasteiger partial charge in [-0.2, -0.15) is 0 Å². The van der Waals surface area contributed by atoms with Gasteiger partial charge in [0.05, 0.1) is 21.7 Å². The summed E-state index contributed by atoms with van der Waals surface area (Å²) in [5.41, 5.74) is 0.166. The summed E-state index contributed by atoms with van der Waals surface area (Å²) in [6, 6.07) is 12.2. The highest BCUT2D eigenvalue weighted by molar-refractivity contribution is 6.05. The quantitative estimate of drug-likeness (QED) is 0.343. The lowest BCUT2D eigenvalue weighted by Gasteiger charge is -2.06. The maximum Gasteiger partial charge on any atom is 0.349 e. The van der Waals surface area contributed by atoms with E-state index in [1.165, 1.54) is 24.3 Å². The van der Waals surface area contributed by atoms with Crippen molar-refractivity contribution in [3.05, 3.63) is 74.6 Å². The van der Waals surface area contributed by atoms with Gasteiger partial charge in [0.1, 0.15) is 16.9 Å². The van der Waals surface area contributed by atoms with Crippen molar-refractivity contribution in [2.24, 2.45) is 4.99 Å².